The van der Waals surface area contributed by atoms with E-state index in [0.29, 0.717) is 5.92 Å². The fourth-order valence-electron chi connectivity index (χ4n) is 3.21. The highest BCUT2D eigenvalue weighted by Crippen LogP contribution is 2.26. The lowest BCUT2D eigenvalue weighted by atomic mass is 10.0. The van der Waals surface area contributed by atoms with Gasteiger partial charge in [-0.15, -0.1) is 0 Å². The van der Waals surface area contributed by atoms with Gasteiger partial charge in [0.1, 0.15) is 0 Å². The average molecular weight is 288 g/mol. The average Bonchev–Trinajstić information content (AvgIpc) is 3.30. The molecule has 1 aliphatic heterocycles. The van der Waals surface area contributed by atoms with Crippen molar-refractivity contribution in [2.75, 3.05) is 31.7 Å². The molecule has 116 valence electrons. The maximum absolute atomic E-state index is 5.62. The maximum atomic E-state index is 5.62. The zero-order valence-corrected chi connectivity index (χ0v) is 13.4. The third kappa shape index (κ3) is 4.21. The Morgan fingerprint density at radius 1 is 1.29 bits per heavy atom. The van der Waals surface area contributed by atoms with Gasteiger partial charge < -0.3 is 15.0 Å². The van der Waals surface area contributed by atoms with Gasteiger partial charge in [-0.05, 0) is 50.2 Å². The van der Waals surface area contributed by atoms with Crippen LogP contribution in [-0.2, 0) is 11.3 Å². The van der Waals surface area contributed by atoms with Crippen molar-refractivity contribution in [3.8, 4) is 0 Å². The van der Waals surface area contributed by atoms with E-state index in [0.717, 1.165) is 32.3 Å². The molecule has 21 heavy (non-hydrogen) atoms. The van der Waals surface area contributed by atoms with Crippen LogP contribution in [-0.4, -0.2) is 32.8 Å². The van der Waals surface area contributed by atoms with Crippen molar-refractivity contribution in [2.24, 2.45) is 5.92 Å². The third-order valence-electron chi connectivity index (χ3n) is 4.59. The minimum absolute atomic E-state index is 0.675. The van der Waals surface area contributed by atoms with Crippen molar-refractivity contribution in [1.82, 2.24) is 5.32 Å². The number of anilines is 1. The molecule has 1 saturated carbocycles. The summed E-state index contributed by atoms with van der Waals surface area (Å²) in [7, 11) is 2.22. The molecule has 1 aliphatic carbocycles. The Morgan fingerprint density at radius 3 is 2.86 bits per heavy atom. The molecule has 2 aliphatic rings. The van der Waals surface area contributed by atoms with Crippen LogP contribution in [0.4, 0.5) is 5.69 Å². The lowest BCUT2D eigenvalue weighted by Crippen LogP contribution is -2.31. The molecule has 0 radical (unpaired) electrons. The highest BCUT2D eigenvalue weighted by atomic mass is 16.5. The Labute approximate surface area is 128 Å². The predicted octanol–water partition coefficient (Wildman–Crippen LogP) is 3.11. The molecule has 1 N–H and O–H groups in total. The van der Waals surface area contributed by atoms with E-state index >= 15 is 0 Å². The fraction of sp³-hybridized carbons (Fsp3) is 0.667. The van der Waals surface area contributed by atoms with E-state index in [1.165, 1.54) is 42.5 Å². The topological polar surface area (TPSA) is 24.5 Å². The number of nitrogens with zero attached hydrogens (tertiary/aromatic N) is 1. The molecule has 1 saturated heterocycles. The van der Waals surface area contributed by atoms with E-state index in [1.54, 1.807) is 0 Å². The molecule has 2 fully saturated rings. The summed E-state index contributed by atoms with van der Waals surface area (Å²) in [5, 5.41) is 3.65. The van der Waals surface area contributed by atoms with E-state index in [-0.39, 0.29) is 0 Å². The highest BCUT2D eigenvalue weighted by Gasteiger charge is 2.21. The van der Waals surface area contributed by atoms with Gasteiger partial charge in [0.15, 0.2) is 0 Å². The number of rotatable bonds is 6. The van der Waals surface area contributed by atoms with Crippen LogP contribution in [0.1, 0.15) is 36.8 Å². The van der Waals surface area contributed by atoms with Gasteiger partial charge in [-0.3, -0.25) is 0 Å². The third-order valence-corrected chi connectivity index (χ3v) is 4.59. The standard InChI is InChI=1S/C18H28N2O/c1-14-5-8-18(16(10-14)11-19-17-6-7-17)20(2)12-15-4-3-9-21-13-15/h5,8,10,15,17,19H,3-4,6-7,9,11-13H2,1-2H3. The van der Waals surface area contributed by atoms with Crippen LogP contribution in [0.3, 0.4) is 0 Å². The Kier molecular flexibility index (Phi) is 4.81. The number of hydrogen-bond acceptors (Lipinski definition) is 3. The van der Waals surface area contributed by atoms with Gasteiger partial charge >= 0.3 is 0 Å². The molecule has 0 aromatic heterocycles. The summed E-state index contributed by atoms with van der Waals surface area (Å²) in [5.41, 5.74) is 4.15. The number of benzene rings is 1. The molecule has 0 spiro atoms. The van der Waals surface area contributed by atoms with Crippen molar-refractivity contribution in [2.45, 2.75) is 45.2 Å². The minimum atomic E-state index is 0.675. The van der Waals surface area contributed by atoms with E-state index < -0.39 is 0 Å². The summed E-state index contributed by atoms with van der Waals surface area (Å²) in [6, 6.07) is 7.60. The first-order valence-corrected chi connectivity index (χ1v) is 8.34. The van der Waals surface area contributed by atoms with Gasteiger partial charge in [0.2, 0.25) is 0 Å². The first-order chi connectivity index (χ1) is 10.2. The van der Waals surface area contributed by atoms with Crippen LogP contribution in [0.2, 0.25) is 0 Å². The molecule has 1 aromatic rings. The summed E-state index contributed by atoms with van der Waals surface area (Å²) >= 11 is 0. The first kappa shape index (κ1) is 14.9. The molecular weight excluding hydrogens is 260 g/mol. The summed E-state index contributed by atoms with van der Waals surface area (Å²) in [6.07, 6.45) is 5.20. The predicted molar refractivity (Wildman–Crippen MR) is 87.9 cm³/mol. The van der Waals surface area contributed by atoms with Crippen molar-refractivity contribution in [1.29, 1.82) is 0 Å². The molecule has 3 heteroatoms. The molecule has 1 heterocycles. The van der Waals surface area contributed by atoms with Crippen LogP contribution in [0, 0.1) is 12.8 Å². The van der Waals surface area contributed by atoms with E-state index in [1.807, 2.05) is 0 Å². The summed E-state index contributed by atoms with van der Waals surface area (Å²) < 4.78 is 5.62. The largest absolute Gasteiger partial charge is 0.381 e. The number of aryl methyl sites for hydroxylation is 1. The molecule has 1 unspecified atom stereocenters. The van der Waals surface area contributed by atoms with Gasteiger partial charge in [-0.2, -0.15) is 0 Å². The van der Waals surface area contributed by atoms with Gasteiger partial charge in [0, 0.05) is 38.5 Å². The van der Waals surface area contributed by atoms with Crippen LogP contribution in [0.25, 0.3) is 0 Å². The van der Waals surface area contributed by atoms with E-state index in [2.05, 4.69) is 42.4 Å². The summed E-state index contributed by atoms with van der Waals surface area (Å²) in [5.74, 6) is 0.675. The molecule has 1 aromatic carbocycles. The summed E-state index contributed by atoms with van der Waals surface area (Å²) in [6.45, 7) is 6.14. The zero-order valence-electron chi connectivity index (χ0n) is 13.4. The van der Waals surface area contributed by atoms with Crippen molar-refractivity contribution in [3.63, 3.8) is 0 Å². The maximum Gasteiger partial charge on any atom is 0.0511 e. The smallest absolute Gasteiger partial charge is 0.0511 e. The molecule has 0 amide bonds. The number of hydrogen-bond donors (Lipinski definition) is 1. The fourth-order valence-corrected chi connectivity index (χ4v) is 3.21. The lowest BCUT2D eigenvalue weighted by Gasteiger charge is -2.30. The first-order valence-electron chi connectivity index (χ1n) is 8.34. The van der Waals surface area contributed by atoms with Crippen molar-refractivity contribution in [3.05, 3.63) is 29.3 Å². The number of ether oxygens (including phenoxy) is 1. The quantitative estimate of drug-likeness (QED) is 0.870. The van der Waals surface area contributed by atoms with Crippen LogP contribution in [0.5, 0.6) is 0 Å². The minimum Gasteiger partial charge on any atom is -0.381 e. The molecule has 3 nitrogen and oxygen atoms in total. The molecule has 3 rings (SSSR count). The van der Waals surface area contributed by atoms with Gasteiger partial charge in [-0.1, -0.05) is 17.7 Å². The molecule has 1 atom stereocenters. The Balaban J connectivity index is 1.66. The monoisotopic (exact) mass is 288 g/mol. The summed E-state index contributed by atoms with van der Waals surface area (Å²) in [4.78, 5) is 2.42. The Hall–Kier alpha value is -1.06. The lowest BCUT2D eigenvalue weighted by molar-refractivity contribution is 0.0576. The second-order valence-corrected chi connectivity index (χ2v) is 6.75. The Morgan fingerprint density at radius 2 is 2.14 bits per heavy atom. The van der Waals surface area contributed by atoms with Gasteiger partial charge in [-0.25, -0.2) is 0 Å². The van der Waals surface area contributed by atoms with Gasteiger partial charge in [0.25, 0.3) is 0 Å². The normalized spacial score (nSPS) is 22.3. The zero-order chi connectivity index (χ0) is 14.7. The van der Waals surface area contributed by atoms with Crippen LogP contribution >= 0.6 is 0 Å². The van der Waals surface area contributed by atoms with Crippen molar-refractivity contribution < 1.29 is 4.74 Å². The molecule has 0 bridgehead atoms. The Bertz CT molecular complexity index is 464. The van der Waals surface area contributed by atoms with Crippen LogP contribution in [0.15, 0.2) is 18.2 Å². The highest BCUT2D eigenvalue weighted by molar-refractivity contribution is 5.54. The SMILES string of the molecule is Cc1ccc(N(C)CC2CCCOC2)c(CNC2CC2)c1. The van der Waals surface area contributed by atoms with Crippen LogP contribution < -0.4 is 10.2 Å². The van der Waals surface area contributed by atoms with E-state index in [4.69, 9.17) is 4.74 Å². The second kappa shape index (κ2) is 6.80. The second-order valence-electron chi connectivity index (χ2n) is 6.75. The van der Waals surface area contributed by atoms with Gasteiger partial charge in [0.05, 0.1) is 6.61 Å². The molecular formula is C18H28N2O. The number of nitrogens with one attached hydrogen (secondary N) is 1. The van der Waals surface area contributed by atoms with Crippen molar-refractivity contribution >= 4 is 5.69 Å². The van der Waals surface area contributed by atoms with E-state index in [9.17, 15) is 0 Å².